The molecule has 1 unspecified atom stereocenters. The van der Waals surface area contributed by atoms with Crippen molar-refractivity contribution >= 4 is 23.1 Å². The maximum Gasteiger partial charge on any atom is 0.260 e. The Bertz CT molecular complexity index is 898. The molecule has 0 N–H and O–H groups in total. The highest BCUT2D eigenvalue weighted by atomic mass is 32.1. The molecule has 0 saturated carbocycles. The number of unbranched alkanes of at least 4 members (excludes halogenated alkanes) is 18. The molecule has 1 atom stereocenters. The largest absolute Gasteiger partial charge is 0.268 e. The van der Waals surface area contributed by atoms with Gasteiger partial charge in [0.05, 0.1) is 0 Å². The first-order valence-electron chi connectivity index (χ1n) is 16.9. The summed E-state index contributed by atoms with van der Waals surface area (Å²) in [6.45, 7) is 7.69. The topological polar surface area (TPSA) is 44.0 Å². The fourth-order valence-electron chi connectivity index (χ4n) is 5.27. The summed E-state index contributed by atoms with van der Waals surface area (Å²) in [6, 6.07) is 3.82. The summed E-state index contributed by atoms with van der Waals surface area (Å²) in [4.78, 5) is 23.2. The zero-order chi connectivity index (χ0) is 29.1. The standard InChI is InChI=1S/C21H39NOS.C13H23NOS/c1-3-5-7-9-11-13-15-17-20(22-21(23)18-19-24-22)16-14-12-10-8-6-4-2;1-2-3-4-5-6-7-8-9-11-14-13(15)10-12-16-14/h18-20H,3-17H2,1-2H3;10,12H,2-9,11H2,1H3. The average Bonchev–Trinajstić information content (AvgIpc) is 3.58. The van der Waals surface area contributed by atoms with Gasteiger partial charge in [0.1, 0.15) is 0 Å². The van der Waals surface area contributed by atoms with Crippen LogP contribution in [0.2, 0.25) is 0 Å². The van der Waals surface area contributed by atoms with Crippen molar-refractivity contribution in [1.82, 2.24) is 7.91 Å². The van der Waals surface area contributed by atoms with Crippen molar-refractivity contribution in [2.24, 2.45) is 0 Å². The summed E-state index contributed by atoms with van der Waals surface area (Å²) in [7, 11) is 0. The minimum Gasteiger partial charge on any atom is -0.268 e. The van der Waals surface area contributed by atoms with Crippen molar-refractivity contribution < 1.29 is 0 Å². The van der Waals surface area contributed by atoms with Gasteiger partial charge in [0, 0.05) is 35.5 Å². The van der Waals surface area contributed by atoms with Crippen LogP contribution in [0.1, 0.15) is 174 Å². The second-order valence-corrected chi connectivity index (χ2v) is 13.3. The first kappa shape index (κ1) is 36.9. The average molecular weight is 595 g/mol. The molecule has 0 aliphatic rings. The number of hydrogen-bond acceptors (Lipinski definition) is 4. The van der Waals surface area contributed by atoms with Crippen molar-refractivity contribution in [2.45, 2.75) is 181 Å². The highest BCUT2D eigenvalue weighted by molar-refractivity contribution is 7.04. The molecule has 0 aliphatic carbocycles. The van der Waals surface area contributed by atoms with Crippen LogP contribution in [0.25, 0.3) is 0 Å². The van der Waals surface area contributed by atoms with Gasteiger partial charge in [0.15, 0.2) is 0 Å². The molecule has 0 bridgehead atoms. The van der Waals surface area contributed by atoms with Gasteiger partial charge < -0.3 is 0 Å². The third-order valence-electron chi connectivity index (χ3n) is 7.82. The lowest BCUT2D eigenvalue weighted by molar-refractivity contribution is 0.407. The molecule has 0 amide bonds. The van der Waals surface area contributed by atoms with E-state index >= 15 is 0 Å². The number of aryl methyl sites for hydroxylation is 1. The molecule has 0 saturated heterocycles. The fourth-order valence-corrected chi connectivity index (χ4v) is 6.85. The van der Waals surface area contributed by atoms with E-state index in [1.54, 1.807) is 23.7 Å². The monoisotopic (exact) mass is 594 g/mol. The van der Waals surface area contributed by atoms with E-state index in [4.69, 9.17) is 0 Å². The zero-order valence-electron chi connectivity index (χ0n) is 26.4. The van der Waals surface area contributed by atoms with Crippen LogP contribution in [0.15, 0.2) is 32.5 Å². The van der Waals surface area contributed by atoms with E-state index in [0.29, 0.717) is 6.04 Å². The van der Waals surface area contributed by atoms with Crippen LogP contribution in [-0.4, -0.2) is 7.91 Å². The Morgan fingerprint density at radius 3 is 1.32 bits per heavy atom. The van der Waals surface area contributed by atoms with Crippen LogP contribution in [0.3, 0.4) is 0 Å². The molecule has 0 aromatic carbocycles. The van der Waals surface area contributed by atoms with Crippen LogP contribution >= 0.6 is 23.1 Å². The van der Waals surface area contributed by atoms with E-state index in [2.05, 4.69) is 20.8 Å². The quantitative estimate of drug-likeness (QED) is 0.107. The van der Waals surface area contributed by atoms with Crippen molar-refractivity contribution in [3.05, 3.63) is 43.6 Å². The smallest absolute Gasteiger partial charge is 0.260 e. The summed E-state index contributed by atoms with van der Waals surface area (Å²) in [5, 5.41) is 3.81. The summed E-state index contributed by atoms with van der Waals surface area (Å²) in [5.74, 6) is 0. The third kappa shape index (κ3) is 19.1. The van der Waals surface area contributed by atoms with Gasteiger partial charge in [0.2, 0.25) is 0 Å². The molecular weight excluding hydrogens is 533 g/mol. The molecule has 0 fully saturated rings. The van der Waals surface area contributed by atoms with E-state index in [1.807, 2.05) is 18.7 Å². The van der Waals surface area contributed by atoms with Crippen LogP contribution in [0, 0.1) is 0 Å². The van der Waals surface area contributed by atoms with Gasteiger partial charge in [-0.2, -0.15) is 0 Å². The second kappa shape index (κ2) is 26.7. The van der Waals surface area contributed by atoms with Crippen molar-refractivity contribution in [2.75, 3.05) is 0 Å². The van der Waals surface area contributed by atoms with Crippen molar-refractivity contribution in [3.8, 4) is 0 Å². The SMILES string of the molecule is CCCCCCCCCC(CCCCCCCC)n1sccc1=O.CCCCCCCCCCn1sccc1=O. The first-order chi connectivity index (χ1) is 19.6. The predicted molar refractivity (Wildman–Crippen MR) is 179 cm³/mol. The van der Waals surface area contributed by atoms with Crippen LogP contribution < -0.4 is 11.1 Å². The maximum atomic E-state index is 12.0. The molecule has 232 valence electrons. The minimum atomic E-state index is 0.160. The Morgan fingerprint density at radius 1 is 0.525 bits per heavy atom. The first-order valence-corrected chi connectivity index (χ1v) is 18.6. The van der Waals surface area contributed by atoms with E-state index < -0.39 is 0 Å². The molecule has 2 aromatic heterocycles. The number of aromatic nitrogens is 2. The summed E-state index contributed by atoms with van der Waals surface area (Å²) < 4.78 is 3.88. The van der Waals surface area contributed by atoms with E-state index in [0.717, 1.165) is 13.0 Å². The Labute approximate surface area is 254 Å². The fraction of sp³-hybridized carbons (Fsp3) is 0.824. The Morgan fingerprint density at radius 2 is 0.925 bits per heavy atom. The molecule has 2 rings (SSSR count). The molecule has 0 aliphatic heterocycles. The van der Waals surface area contributed by atoms with E-state index in [-0.39, 0.29) is 11.1 Å². The molecule has 6 heteroatoms. The van der Waals surface area contributed by atoms with Crippen LogP contribution in [0.5, 0.6) is 0 Å². The van der Waals surface area contributed by atoms with E-state index in [9.17, 15) is 9.59 Å². The maximum absolute atomic E-state index is 12.0. The lowest BCUT2D eigenvalue weighted by Gasteiger charge is -2.17. The van der Waals surface area contributed by atoms with Crippen molar-refractivity contribution in [3.63, 3.8) is 0 Å². The number of nitrogens with zero attached hydrogens (tertiary/aromatic N) is 2. The molecule has 2 heterocycles. The molecule has 0 radical (unpaired) electrons. The molecule has 0 spiro atoms. The van der Waals surface area contributed by atoms with Crippen molar-refractivity contribution in [1.29, 1.82) is 0 Å². The number of rotatable bonds is 25. The summed E-state index contributed by atoms with van der Waals surface area (Å²) >= 11 is 3.14. The number of hydrogen-bond donors (Lipinski definition) is 0. The highest BCUT2D eigenvalue weighted by Crippen LogP contribution is 2.24. The van der Waals surface area contributed by atoms with Gasteiger partial charge >= 0.3 is 0 Å². The van der Waals surface area contributed by atoms with Crippen LogP contribution in [0.4, 0.5) is 0 Å². The predicted octanol–water partition coefficient (Wildman–Crippen LogP) is 11.4. The Hall–Kier alpha value is -1.14. The lowest BCUT2D eigenvalue weighted by Crippen LogP contribution is -2.18. The van der Waals surface area contributed by atoms with Gasteiger partial charge in [-0.1, -0.05) is 172 Å². The van der Waals surface area contributed by atoms with Gasteiger partial charge in [-0.25, -0.2) is 0 Å². The minimum absolute atomic E-state index is 0.160. The molecule has 40 heavy (non-hydrogen) atoms. The lowest BCUT2D eigenvalue weighted by atomic mass is 10.0. The van der Waals surface area contributed by atoms with Gasteiger partial charge in [-0.15, -0.1) is 0 Å². The normalized spacial score (nSPS) is 11.9. The van der Waals surface area contributed by atoms with Gasteiger partial charge in [-0.3, -0.25) is 17.5 Å². The van der Waals surface area contributed by atoms with E-state index in [1.165, 1.54) is 153 Å². The molecule has 2 aromatic rings. The Kier molecular flexibility index (Phi) is 24.7. The zero-order valence-corrected chi connectivity index (χ0v) is 28.0. The highest BCUT2D eigenvalue weighted by Gasteiger charge is 2.13. The Balaban J connectivity index is 0.000000433. The summed E-state index contributed by atoms with van der Waals surface area (Å²) in [5.41, 5.74) is 0.367. The van der Waals surface area contributed by atoms with Gasteiger partial charge in [0.25, 0.3) is 11.1 Å². The summed E-state index contributed by atoms with van der Waals surface area (Å²) in [6.07, 6.45) is 30.4. The second-order valence-electron chi connectivity index (χ2n) is 11.5. The van der Waals surface area contributed by atoms with Crippen LogP contribution in [-0.2, 0) is 6.54 Å². The molecular formula is C34H62N2O2S2. The molecule has 4 nitrogen and oxygen atoms in total. The van der Waals surface area contributed by atoms with Gasteiger partial charge in [-0.05, 0) is 19.3 Å². The third-order valence-corrected chi connectivity index (χ3v) is 9.66.